The van der Waals surface area contributed by atoms with Crippen molar-refractivity contribution in [2.75, 3.05) is 0 Å². The van der Waals surface area contributed by atoms with Gasteiger partial charge in [0.2, 0.25) is 0 Å². The maximum atomic E-state index is 10.2. The number of fused-ring (bicyclic) bond motifs is 1. The van der Waals surface area contributed by atoms with Crippen LogP contribution in [0.5, 0.6) is 0 Å². The van der Waals surface area contributed by atoms with Crippen molar-refractivity contribution in [3.05, 3.63) is 70.8 Å². The predicted octanol–water partition coefficient (Wildman–Crippen LogP) is 4.04. The number of aryl methyl sites for hydroxylation is 1. The molecule has 2 aromatic rings. The van der Waals surface area contributed by atoms with Crippen LogP contribution in [0.1, 0.15) is 47.6 Å². The van der Waals surface area contributed by atoms with Crippen LogP contribution in [0.25, 0.3) is 0 Å². The zero-order valence-corrected chi connectivity index (χ0v) is 11.2. The van der Waals surface area contributed by atoms with Crippen molar-refractivity contribution >= 4 is 0 Å². The Labute approximate surface area is 114 Å². The second-order valence-electron chi connectivity index (χ2n) is 5.46. The summed E-state index contributed by atoms with van der Waals surface area (Å²) in [6.45, 7) is 0. The fourth-order valence-corrected chi connectivity index (χ4v) is 2.93. The lowest BCUT2D eigenvalue weighted by atomic mass is 9.95. The van der Waals surface area contributed by atoms with E-state index in [0.29, 0.717) is 0 Å². The molecule has 0 amide bonds. The van der Waals surface area contributed by atoms with E-state index in [1.807, 2.05) is 6.07 Å². The molecule has 1 nitrogen and oxygen atoms in total. The SMILES string of the molecule is O[C@@H]1CCCCc2ccc(Cc3ccccc3)cc21. The molecule has 0 saturated carbocycles. The van der Waals surface area contributed by atoms with E-state index >= 15 is 0 Å². The number of hydrogen-bond acceptors (Lipinski definition) is 1. The lowest BCUT2D eigenvalue weighted by Crippen LogP contribution is -2.00. The molecule has 1 N–H and O–H groups in total. The molecule has 0 saturated heterocycles. The van der Waals surface area contributed by atoms with Crippen LogP contribution in [0.3, 0.4) is 0 Å². The van der Waals surface area contributed by atoms with Crippen LogP contribution < -0.4 is 0 Å². The van der Waals surface area contributed by atoms with E-state index in [1.165, 1.54) is 23.1 Å². The molecule has 1 atom stereocenters. The van der Waals surface area contributed by atoms with Gasteiger partial charge in [-0.1, -0.05) is 55.0 Å². The number of hydrogen-bond donors (Lipinski definition) is 1. The van der Waals surface area contributed by atoms with Gasteiger partial charge in [-0.3, -0.25) is 0 Å². The molecular weight excluding hydrogens is 232 g/mol. The summed E-state index contributed by atoms with van der Waals surface area (Å²) < 4.78 is 0. The van der Waals surface area contributed by atoms with E-state index in [1.54, 1.807) is 0 Å². The molecule has 98 valence electrons. The van der Waals surface area contributed by atoms with Crippen molar-refractivity contribution < 1.29 is 5.11 Å². The van der Waals surface area contributed by atoms with Crippen molar-refractivity contribution in [1.82, 2.24) is 0 Å². The van der Waals surface area contributed by atoms with Crippen molar-refractivity contribution in [1.29, 1.82) is 0 Å². The number of rotatable bonds is 2. The summed E-state index contributed by atoms with van der Waals surface area (Å²) in [5.41, 5.74) is 5.12. The largest absolute Gasteiger partial charge is 0.388 e. The normalized spacial score (nSPS) is 18.7. The average molecular weight is 252 g/mol. The van der Waals surface area contributed by atoms with Crippen LogP contribution >= 0.6 is 0 Å². The number of benzene rings is 2. The fraction of sp³-hybridized carbons (Fsp3) is 0.333. The van der Waals surface area contributed by atoms with Crippen molar-refractivity contribution in [2.45, 2.75) is 38.2 Å². The quantitative estimate of drug-likeness (QED) is 0.800. The fourth-order valence-electron chi connectivity index (χ4n) is 2.93. The Morgan fingerprint density at radius 2 is 1.79 bits per heavy atom. The molecule has 0 aromatic heterocycles. The Balaban J connectivity index is 1.88. The molecule has 1 aliphatic carbocycles. The second-order valence-corrected chi connectivity index (χ2v) is 5.46. The molecule has 0 bridgehead atoms. The van der Waals surface area contributed by atoms with Gasteiger partial charge in [0.25, 0.3) is 0 Å². The molecule has 0 aliphatic heterocycles. The second kappa shape index (κ2) is 5.58. The summed E-state index contributed by atoms with van der Waals surface area (Å²) in [4.78, 5) is 0. The van der Waals surface area contributed by atoms with Gasteiger partial charge < -0.3 is 5.11 Å². The highest BCUT2D eigenvalue weighted by molar-refractivity contribution is 5.37. The summed E-state index contributed by atoms with van der Waals surface area (Å²) in [6, 6.07) is 17.1. The summed E-state index contributed by atoms with van der Waals surface area (Å²) >= 11 is 0. The van der Waals surface area contributed by atoms with Crippen molar-refractivity contribution in [3.8, 4) is 0 Å². The Kier molecular flexibility index (Phi) is 3.65. The standard InChI is InChI=1S/C18H20O/c19-18-9-5-4-8-16-11-10-15(13-17(16)18)12-14-6-2-1-3-7-14/h1-3,6-7,10-11,13,18-19H,4-5,8-9,12H2/t18-/m1/s1. The van der Waals surface area contributed by atoms with Crippen LogP contribution in [0.4, 0.5) is 0 Å². The van der Waals surface area contributed by atoms with E-state index < -0.39 is 0 Å². The lowest BCUT2D eigenvalue weighted by Gasteiger charge is -2.13. The molecule has 1 heteroatoms. The van der Waals surface area contributed by atoms with Crippen LogP contribution in [-0.2, 0) is 12.8 Å². The third-order valence-corrected chi connectivity index (χ3v) is 3.99. The van der Waals surface area contributed by atoms with Gasteiger partial charge in [0, 0.05) is 0 Å². The van der Waals surface area contributed by atoms with Crippen molar-refractivity contribution in [2.24, 2.45) is 0 Å². The van der Waals surface area contributed by atoms with Gasteiger partial charge in [-0.2, -0.15) is 0 Å². The minimum atomic E-state index is -0.270. The molecule has 2 aromatic carbocycles. The summed E-state index contributed by atoms with van der Waals surface area (Å²) in [5.74, 6) is 0. The number of aliphatic hydroxyl groups excluding tert-OH is 1. The highest BCUT2D eigenvalue weighted by atomic mass is 16.3. The van der Waals surface area contributed by atoms with Crippen molar-refractivity contribution in [3.63, 3.8) is 0 Å². The van der Waals surface area contributed by atoms with Crippen LogP contribution in [-0.4, -0.2) is 5.11 Å². The highest BCUT2D eigenvalue weighted by Crippen LogP contribution is 2.29. The third kappa shape index (κ3) is 2.87. The Morgan fingerprint density at radius 3 is 2.63 bits per heavy atom. The predicted molar refractivity (Wildman–Crippen MR) is 78.2 cm³/mol. The first-order chi connectivity index (χ1) is 9.33. The van der Waals surface area contributed by atoms with E-state index in [0.717, 1.165) is 31.2 Å². The van der Waals surface area contributed by atoms with Crippen LogP contribution in [0.2, 0.25) is 0 Å². The minimum absolute atomic E-state index is 0.270. The maximum Gasteiger partial charge on any atom is 0.0792 e. The molecule has 19 heavy (non-hydrogen) atoms. The molecule has 0 heterocycles. The minimum Gasteiger partial charge on any atom is -0.388 e. The molecule has 3 rings (SSSR count). The lowest BCUT2D eigenvalue weighted by molar-refractivity contribution is 0.166. The zero-order chi connectivity index (χ0) is 13.1. The van der Waals surface area contributed by atoms with Gasteiger partial charge in [-0.25, -0.2) is 0 Å². The van der Waals surface area contributed by atoms with Gasteiger partial charge in [-0.05, 0) is 47.9 Å². The first kappa shape index (κ1) is 12.4. The maximum absolute atomic E-state index is 10.2. The molecule has 0 radical (unpaired) electrons. The van der Waals surface area contributed by atoms with Gasteiger partial charge in [0.05, 0.1) is 6.10 Å². The third-order valence-electron chi connectivity index (χ3n) is 3.99. The van der Waals surface area contributed by atoms with Gasteiger partial charge in [0.1, 0.15) is 0 Å². The van der Waals surface area contributed by atoms with E-state index in [-0.39, 0.29) is 6.10 Å². The number of aliphatic hydroxyl groups is 1. The first-order valence-electron chi connectivity index (χ1n) is 7.16. The van der Waals surface area contributed by atoms with Crippen LogP contribution in [0, 0.1) is 0 Å². The molecular formula is C18H20O. The summed E-state index contributed by atoms with van der Waals surface area (Å²) in [7, 11) is 0. The average Bonchev–Trinajstić information content (AvgIpc) is 2.62. The van der Waals surface area contributed by atoms with Crippen LogP contribution in [0.15, 0.2) is 48.5 Å². The molecule has 0 unspecified atom stereocenters. The van der Waals surface area contributed by atoms with E-state index in [4.69, 9.17) is 0 Å². The summed E-state index contributed by atoms with van der Waals surface area (Å²) in [6.07, 6.45) is 5.01. The monoisotopic (exact) mass is 252 g/mol. The van der Waals surface area contributed by atoms with Gasteiger partial charge in [0.15, 0.2) is 0 Å². The summed E-state index contributed by atoms with van der Waals surface area (Å²) in [5, 5.41) is 10.2. The van der Waals surface area contributed by atoms with E-state index in [2.05, 4.69) is 42.5 Å². The smallest absolute Gasteiger partial charge is 0.0792 e. The molecule has 0 fully saturated rings. The topological polar surface area (TPSA) is 20.2 Å². The Bertz CT molecular complexity index is 545. The Hall–Kier alpha value is -1.60. The van der Waals surface area contributed by atoms with Gasteiger partial charge in [-0.15, -0.1) is 0 Å². The molecule has 1 aliphatic rings. The zero-order valence-electron chi connectivity index (χ0n) is 11.2. The first-order valence-corrected chi connectivity index (χ1v) is 7.16. The van der Waals surface area contributed by atoms with E-state index in [9.17, 15) is 5.11 Å². The Morgan fingerprint density at radius 1 is 0.947 bits per heavy atom. The highest BCUT2D eigenvalue weighted by Gasteiger charge is 2.16. The molecule has 0 spiro atoms. The van der Waals surface area contributed by atoms with Gasteiger partial charge >= 0.3 is 0 Å².